The third-order valence-corrected chi connectivity index (χ3v) is 5.68. The maximum Gasteiger partial charge on any atom is 0.416 e. The number of anilines is 1. The van der Waals surface area contributed by atoms with Gasteiger partial charge < -0.3 is 29.7 Å². The summed E-state index contributed by atoms with van der Waals surface area (Å²) in [4.78, 5) is 27.8. The highest BCUT2D eigenvalue weighted by molar-refractivity contribution is 5.78. The number of ether oxygens (including phenoxy) is 2. The molecule has 1 heterocycles. The number of nitrogens with one attached hydrogen (secondary N) is 1. The number of halogens is 3. The van der Waals surface area contributed by atoms with Crippen molar-refractivity contribution in [2.45, 2.75) is 18.6 Å². The van der Waals surface area contributed by atoms with E-state index in [1.807, 2.05) is 12.1 Å². The minimum absolute atomic E-state index is 0.200. The number of rotatable bonds is 7. The molecule has 1 aliphatic heterocycles. The molecule has 1 saturated heterocycles. The van der Waals surface area contributed by atoms with Gasteiger partial charge in [-0.05, 0) is 29.8 Å². The SMILES string of the molecule is COc1ccc(N2CCN(C(=O)CC(NC(=O)O)c3ccc(C(F)(F)F)cc3)CC2)cc1OC. The van der Waals surface area contributed by atoms with Gasteiger partial charge in [-0.25, -0.2) is 4.79 Å². The molecule has 0 spiro atoms. The van der Waals surface area contributed by atoms with Crippen molar-refractivity contribution < 1.29 is 37.3 Å². The topological polar surface area (TPSA) is 91.3 Å². The number of benzene rings is 2. The summed E-state index contributed by atoms with van der Waals surface area (Å²) in [6, 6.07) is 8.71. The van der Waals surface area contributed by atoms with E-state index < -0.39 is 23.9 Å². The molecule has 2 amide bonds. The summed E-state index contributed by atoms with van der Waals surface area (Å²) in [5.41, 5.74) is 0.357. The van der Waals surface area contributed by atoms with Crippen LogP contribution < -0.4 is 19.7 Å². The van der Waals surface area contributed by atoms with Gasteiger partial charge in [-0.15, -0.1) is 0 Å². The van der Waals surface area contributed by atoms with E-state index in [9.17, 15) is 22.8 Å². The first-order valence-corrected chi connectivity index (χ1v) is 10.5. The average Bonchev–Trinajstić information content (AvgIpc) is 2.82. The first-order chi connectivity index (χ1) is 16.1. The molecule has 0 aliphatic carbocycles. The number of hydrogen-bond acceptors (Lipinski definition) is 5. The monoisotopic (exact) mass is 481 g/mol. The van der Waals surface area contributed by atoms with Crippen molar-refractivity contribution in [3.8, 4) is 11.5 Å². The van der Waals surface area contributed by atoms with Crippen LogP contribution in [-0.2, 0) is 11.0 Å². The summed E-state index contributed by atoms with van der Waals surface area (Å²) < 4.78 is 49.1. The quantitative estimate of drug-likeness (QED) is 0.626. The van der Waals surface area contributed by atoms with Gasteiger partial charge in [0.1, 0.15) is 0 Å². The summed E-state index contributed by atoms with van der Waals surface area (Å²) in [6.45, 7) is 1.94. The number of nitrogens with zero attached hydrogens (tertiary/aromatic N) is 2. The number of piperazine rings is 1. The fraction of sp³-hybridized carbons (Fsp3) is 0.391. The van der Waals surface area contributed by atoms with Gasteiger partial charge in [-0.1, -0.05) is 12.1 Å². The highest BCUT2D eigenvalue weighted by Crippen LogP contribution is 2.32. The van der Waals surface area contributed by atoms with Crippen molar-refractivity contribution in [3.05, 3.63) is 53.6 Å². The Morgan fingerprint density at radius 3 is 2.15 bits per heavy atom. The highest BCUT2D eigenvalue weighted by atomic mass is 19.4. The molecule has 34 heavy (non-hydrogen) atoms. The zero-order chi connectivity index (χ0) is 24.9. The Kier molecular flexibility index (Phi) is 7.75. The average molecular weight is 481 g/mol. The van der Waals surface area contributed by atoms with Gasteiger partial charge >= 0.3 is 12.3 Å². The molecule has 0 aromatic heterocycles. The molecule has 184 valence electrons. The molecule has 2 aromatic carbocycles. The second kappa shape index (κ2) is 10.5. The predicted molar refractivity (Wildman–Crippen MR) is 118 cm³/mol. The standard InChI is InChI=1S/C23H26F3N3O5/c1-33-19-8-7-17(13-20(19)34-2)28-9-11-29(12-10-28)21(30)14-18(27-22(31)32)15-3-5-16(6-4-15)23(24,25)26/h3-8,13,18,27H,9-12,14H2,1-2H3,(H,31,32). The van der Waals surface area contributed by atoms with Crippen molar-refractivity contribution in [1.82, 2.24) is 10.2 Å². The van der Waals surface area contributed by atoms with E-state index in [4.69, 9.17) is 14.6 Å². The van der Waals surface area contributed by atoms with Gasteiger partial charge in [0, 0.05) is 37.9 Å². The Bertz CT molecular complexity index is 1010. The third-order valence-electron chi connectivity index (χ3n) is 5.68. The molecule has 0 saturated carbocycles. The molecule has 0 bridgehead atoms. The molecule has 1 fully saturated rings. The lowest BCUT2D eigenvalue weighted by Gasteiger charge is -2.37. The number of methoxy groups -OCH3 is 2. The van der Waals surface area contributed by atoms with Crippen LogP contribution in [0.5, 0.6) is 11.5 Å². The largest absolute Gasteiger partial charge is 0.493 e. The van der Waals surface area contributed by atoms with Gasteiger partial charge in [-0.3, -0.25) is 4.79 Å². The lowest BCUT2D eigenvalue weighted by atomic mass is 10.0. The molecule has 11 heteroatoms. The molecular formula is C23H26F3N3O5. The molecule has 1 atom stereocenters. The number of carbonyl (C=O) groups excluding carboxylic acids is 1. The Labute approximate surface area is 194 Å². The first-order valence-electron chi connectivity index (χ1n) is 10.5. The Hall–Kier alpha value is -3.63. The van der Waals surface area contributed by atoms with Gasteiger partial charge in [0.05, 0.1) is 32.2 Å². The van der Waals surface area contributed by atoms with Crippen molar-refractivity contribution in [1.29, 1.82) is 0 Å². The van der Waals surface area contributed by atoms with E-state index in [0.717, 1.165) is 17.8 Å². The Morgan fingerprint density at radius 1 is 1.00 bits per heavy atom. The lowest BCUT2D eigenvalue weighted by molar-refractivity contribution is -0.137. The number of hydrogen-bond donors (Lipinski definition) is 2. The molecule has 2 N–H and O–H groups in total. The molecule has 0 radical (unpaired) electrons. The van der Waals surface area contributed by atoms with E-state index in [-0.39, 0.29) is 17.9 Å². The molecule has 8 nitrogen and oxygen atoms in total. The Balaban J connectivity index is 1.64. The normalized spacial score (nSPS) is 15.0. The van der Waals surface area contributed by atoms with Crippen LogP contribution in [0.3, 0.4) is 0 Å². The van der Waals surface area contributed by atoms with Gasteiger partial charge in [-0.2, -0.15) is 13.2 Å². The maximum atomic E-state index is 12.9. The van der Waals surface area contributed by atoms with E-state index in [2.05, 4.69) is 10.2 Å². The van der Waals surface area contributed by atoms with E-state index in [1.165, 1.54) is 12.1 Å². The minimum atomic E-state index is -4.50. The third kappa shape index (κ3) is 6.03. The number of amides is 2. The summed E-state index contributed by atoms with van der Waals surface area (Å²) in [5.74, 6) is 0.920. The molecule has 2 aromatic rings. The number of carbonyl (C=O) groups is 2. The summed E-state index contributed by atoms with van der Waals surface area (Å²) in [7, 11) is 3.11. The van der Waals surface area contributed by atoms with Gasteiger partial charge in [0.2, 0.25) is 5.91 Å². The minimum Gasteiger partial charge on any atom is -0.493 e. The molecule has 3 rings (SSSR count). The van der Waals surface area contributed by atoms with E-state index in [1.54, 1.807) is 25.2 Å². The number of carboxylic acid groups (broad SMARTS) is 1. The molecule has 1 unspecified atom stereocenters. The lowest BCUT2D eigenvalue weighted by Crippen LogP contribution is -2.49. The molecular weight excluding hydrogens is 455 g/mol. The van der Waals surface area contributed by atoms with Gasteiger partial charge in [0.25, 0.3) is 0 Å². The zero-order valence-corrected chi connectivity index (χ0v) is 18.8. The fourth-order valence-electron chi connectivity index (χ4n) is 3.85. The van der Waals surface area contributed by atoms with Crippen molar-refractivity contribution in [2.75, 3.05) is 45.3 Å². The summed E-state index contributed by atoms with van der Waals surface area (Å²) in [5, 5.41) is 11.4. The van der Waals surface area contributed by atoms with Crippen molar-refractivity contribution in [2.24, 2.45) is 0 Å². The van der Waals surface area contributed by atoms with Crippen molar-refractivity contribution in [3.63, 3.8) is 0 Å². The zero-order valence-electron chi connectivity index (χ0n) is 18.8. The van der Waals surface area contributed by atoms with Crippen LogP contribution >= 0.6 is 0 Å². The summed E-state index contributed by atoms with van der Waals surface area (Å²) in [6.07, 6.45) is -6.07. The van der Waals surface area contributed by atoms with Crippen LogP contribution in [0, 0.1) is 0 Å². The number of alkyl halides is 3. The van der Waals surface area contributed by atoms with Crippen LogP contribution in [0.1, 0.15) is 23.6 Å². The van der Waals surface area contributed by atoms with Crippen LogP contribution in [-0.4, -0.2) is 62.4 Å². The van der Waals surface area contributed by atoms with E-state index >= 15 is 0 Å². The predicted octanol–water partition coefficient (Wildman–Crippen LogP) is 3.77. The second-order valence-electron chi connectivity index (χ2n) is 7.73. The Morgan fingerprint density at radius 2 is 1.62 bits per heavy atom. The van der Waals surface area contributed by atoms with Crippen LogP contribution in [0.4, 0.5) is 23.7 Å². The van der Waals surface area contributed by atoms with E-state index in [0.29, 0.717) is 37.7 Å². The second-order valence-corrected chi connectivity index (χ2v) is 7.73. The smallest absolute Gasteiger partial charge is 0.416 e. The van der Waals surface area contributed by atoms with Crippen LogP contribution in [0.25, 0.3) is 0 Å². The maximum absolute atomic E-state index is 12.9. The van der Waals surface area contributed by atoms with Gasteiger partial charge in [0.15, 0.2) is 11.5 Å². The fourth-order valence-corrected chi connectivity index (χ4v) is 3.85. The van der Waals surface area contributed by atoms with Crippen molar-refractivity contribution >= 4 is 17.7 Å². The van der Waals surface area contributed by atoms with Crippen LogP contribution in [0.2, 0.25) is 0 Å². The van der Waals surface area contributed by atoms with Crippen LogP contribution in [0.15, 0.2) is 42.5 Å². The molecule has 1 aliphatic rings. The highest BCUT2D eigenvalue weighted by Gasteiger charge is 2.31. The summed E-state index contributed by atoms with van der Waals surface area (Å²) >= 11 is 0. The first kappa shape index (κ1) is 25.0.